The Bertz CT molecular complexity index is 606. The molecule has 7 nitrogen and oxygen atoms in total. The Kier molecular flexibility index (Phi) is 4.37. The van der Waals surface area contributed by atoms with Crippen LogP contribution in [-0.2, 0) is 22.7 Å². The summed E-state index contributed by atoms with van der Waals surface area (Å²) in [5.41, 5.74) is 0. The van der Waals surface area contributed by atoms with E-state index in [0.29, 0.717) is 17.6 Å². The first kappa shape index (κ1) is 16.0. The molecule has 0 spiro atoms. The van der Waals surface area contributed by atoms with Gasteiger partial charge in [0, 0.05) is 5.92 Å². The van der Waals surface area contributed by atoms with E-state index in [4.69, 9.17) is 0 Å². The van der Waals surface area contributed by atoms with Crippen LogP contribution in [0.25, 0.3) is 0 Å². The van der Waals surface area contributed by atoms with Gasteiger partial charge in [-0.15, -0.1) is 10.2 Å². The number of carboxylic acid groups (broad SMARTS) is 1. The first-order valence-corrected chi connectivity index (χ1v) is 8.39. The summed E-state index contributed by atoms with van der Waals surface area (Å²) >= 11 is 0. The van der Waals surface area contributed by atoms with Gasteiger partial charge in [-0.1, -0.05) is 32.6 Å². The van der Waals surface area contributed by atoms with Crippen LogP contribution < -0.4 is 0 Å². The summed E-state index contributed by atoms with van der Waals surface area (Å²) in [6, 6.07) is -0.837. The molecule has 2 heterocycles. The molecule has 1 aliphatic carbocycles. The number of hydrogen-bond acceptors (Lipinski definition) is 4. The number of carbonyl (C=O) groups excluding carboxylic acids is 1. The summed E-state index contributed by atoms with van der Waals surface area (Å²) in [5, 5.41) is 17.6. The normalized spacial score (nSPS) is 22.9. The van der Waals surface area contributed by atoms with Gasteiger partial charge in [-0.25, -0.2) is 4.79 Å². The van der Waals surface area contributed by atoms with Gasteiger partial charge in [0.05, 0.1) is 13.1 Å². The van der Waals surface area contributed by atoms with Gasteiger partial charge in [0.25, 0.3) is 0 Å². The highest BCUT2D eigenvalue weighted by atomic mass is 16.4. The lowest BCUT2D eigenvalue weighted by Gasteiger charge is -2.35. The monoisotopic (exact) mass is 320 g/mol. The number of fused-ring (bicyclic) bond motifs is 1. The molecule has 1 amide bonds. The van der Waals surface area contributed by atoms with Crippen molar-refractivity contribution in [3.63, 3.8) is 0 Å². The van der Waals surface area contributed by atoms with Gasteiger partial charge in [-0.05, 0) is 19.3 Å². The zero-order valence-corrected chi connectivity index (χ0v) is 13.7. The average molecular weight is 320 g/mol. The Balaban J connectivity index is 1.75. The first-order valence-electron chi connectivity index (χ1n) is 8.39. The minimum atomic E-state index is -0.967. The third kappa shape index (κ3) is 3.09. The maximum atomic E-state index is 12.8. The molecule has 2 unspecified atom stereocenters. The molecule has 0 radical (unpaired) electrons. The van der Waals surface area contributed by atoms with E-state index in [0.717, 1.165) is 6.42 Å². The molecule has 3 rings (SSSR count). The quantitative estimate of drug-likeness (QED) is 0.910. The molecule has 1 aromatic rings. The molecule has 0 aromatic carbocycles. The van der Waals surface area contributed by atoms with Gasteiger partial charge in [-0.3, -0.25) is 4.79 Å². The Morgan fingerprint density at radius 3 is 2.65 bits per heavy atom. The molecule has 1 N–H and O–H groups in total. The van der Waals surface area contributed by atoms with Crippen molar-refractivity contribution in [3.8, 4) is 0 Å². The second-order valence-electron chi connectivity index (χ2n) is 6.88. The standard InChI is InChI=1S/C16H24N4O3/c1-10(7-12-5-3-4-6-12)15(21)20-9-14-18-17-11(2)19(14)8-13(20)16(22)23/h10,12-13H,3-9H2,1-2H3,(H,22,23). The predicted molar refractivity (Wildman–Crippen MR) is 82.5 cm³/mol. The van der Waals surface area contributed by atoms with E-state index in [1.807, 2.05) is 6.92 Å². The molecular formula is C16H24N4O3. The number of hydrogen-bond donors (Lipinski definition) is 1. The van der Waals surface area contributed by atoms with Crippen molar-refractivity contribution in [1.82, 2.24) is 19.7 Å². The summed E-state index contributed by atoms with van der Waals surface area (Å²) in [7, 11) is 0. The smallest absolute Gasteiger partial charge is 0.328 e. The van der Waals surface area contributed by atoms with Crippen LogP contribution in [0, 0.1) is 18.8 Å². The van der Waals surface area contributed by atoms with Crippen molar-refractivity contribution in [1.29, 1.82) is 0 Å². The summed E-state index contributed by atoms with van der Waals surface area (Å²) in [5.74, 6) is 0.781. The maximum Gasteiger partial charge on any atom is 0.328 e. The molecule has 2 aliphatic rings. The number of aryl methyl sites for hydroxylation is 1. The van der Waals surface area contributed by atoms with Crippen molar-refractivity contribution >= 4 is 11.9 Å². The maximum absolute atomic E-state index is 12.8. The zero-order valence-electron chi connectivity index (χ0n) is 13.7. The molecule has 0 bridgehead atoms. The van der Waals surface area contributed by atoms with Crippen LogP contribution >= 0.6 is 0 Å². The van der Waals surface area contributed by atoms with Crippen LogP contribution in [0.5, 0.6) is 0 Å². The fourth-order valence-electron chi connectivity index (χ4n) is 3.89. The summed E-state index contributed by atoms with van der Waals surface area (Å²) in [6.07, 6.45) is 5.72. The van der Waals surface area contributed by atoms with Gasteiger partial charge in [0.1, 0.15) is 11.9 Å². The van der Waals surface area contributed by atoms with Crippen molar-refractivity contribution in [2.24, 2.45) is 11.8 Å². The molecule has 1 saturated carbocycles. The van der Waals surface area contributed by atoms with Crippen molar-refractivity contribution in [2.45, 2.75) is 65.1 Å². The van der Waals surface area contributed by atoms with Gasteiger partial charge < -0.3 is 14.6 Å². The topological polar surface area (TPSA) is 88.3 Å². The van der Waals surface area contributed by atoms with Gasteiger partial charge in [0.15, 0.2) is 5.82 Å². The molecule has 7 heteroatoms. The molecule has 1 aliphatic heterocycles. The lowest BCUT2D eigenvalue weighted by atomic mass is 9.93. The molecule has 23 heavy (non-hydrogen) atoms. The van der Waals surface area contributed by atoms with Crippen molar-refractivity contribution in [2.75, 3.05) is 0 Å². The average Bonchev–Trinajstić information content (AvgIpc) is 3.15. The molecule has 126 valence electrons. The number of amides is 1. The number of nitrogens with zero attached hydrogens (tertiary/aromatic N) is 4. The number of rotatable bonds is 4. The number of carboxylic acids is 1. The van der Waals surface area contributed by atoms with Crippen LogP contribution in [0.15, 0.2) is 0 Å². The highest BCUT2D eigenvalue weighted by Gasteiger charge is 2.38. The Morgan fingerprint density at radius 2 is 2.00 bits per heavy atom. The second-order valence-corrected chi connectivity index (χ2v) is 6.88. The minimum Gasteiger partial charge on any atom is -0.480 e. The van der Waals surface area contributed by atoms with Crippen LogP contribution in [0.1, 0.15) is 50.7 Å². The van der Waals surface area contributed by atoms with E-state index in [1.165, 1.54) is 30.6 Å². The Hall–Kier alpha value is -1.92. The predicted octanol–water partition coefficient (Wildman–Crippen LogP) is 1.60. The number of aliphatic carboxylic acids is 1. The third-order valence-electron chi connectivity index (χ3n) is 5.21. The summed E-state index contributed by atoms with van der Waals surface area (Å²) < 4.78 is 1.80. The minimum absolute atomic E-state index is 0.0730. The highest BCUT2D eigenvalue weighted by molar-refractivity contribution is 5.85. The third-order valence-corrected chi connectivity index (χ3v) is 5.21. The van der Waals surface area contributed by atoms with E-state index >= 15 is 0 Å². The lowest BCUT2D eigenvalue weighted by molar-refractivity contribution is -0.154. The first-order chi connectivity index (χ1) is 11.0. The summed E-state index contributed by atoms with van der Waals surface area (Å²) in [4.78, 5) is 25.9. The SMILES string of the molecule is Cc1nnc2n1CC(C(=O)O)N(C(=O)C(C)CC1CCCC1)C2. The second kappa shape index (κ2) is 6.29. The van der Waals surface area contributed by atoms with Crippen LogP contribution in [0.3, 0.4) is 0 Å². The molecule has 2 atom stereocenters. The molecule has 1 aromatic heterocycles. The fraction of sp³-hybridized carbons (Fsp3) is 0.750. The van der Waals surface area contributed by atoms with Crippen molar-refractivity contribution in [3.05, 3.63) is 11.6 Å². The van der Waals surface area contributed by atoms with E-state index in [-0.39, 0.29) is 24.9 Å². The molecule has 0 saturated heterocycles. The van der Waals surface area contributed by atoms with E-state index in [9.17, 15) is 14.7 Å². The van der Waals surface area contributed by atoms with Crippen LogP contribution in [0.4, 0.5) is 0 Å². The van der Waals surface area contributed by atoms with E-state index < -0.39 is 12.0 Å². The van der Waals surface area contributed by atoms with E-state index in [2.05, 4.69) is 10.2 Å². The van der Waals surface area contributed by atoms with Gasteiger partial charge in [0.2, 0.25) is 5.91 Å². The largest absolute Gasteiger partial charge is 0.480 e. The zero-order chi connectivity index (χ0) is 16.6. The summed E-state index contributed by atoms with van der Waals surface area (Å²) in [6.45, 7) is 4.18. The highest BCUT2D eigenvalue weighted by Crippen LogP contribution is 2.31. The van der Waals surface area contributed by atoms with Crippen molar-refractivity contribution < 1.29 is 14.7 Å². The number of carbonyl (C=O) groups is 2. The van der Waals surface area contributed by atoms with E-state index in [1.54, 1.807) is 11.5 Å². The number of aromatic nitrogens is 3. The fourth-order valence-corrected chi connectivity index (χ4v) is 3.89. The van der Waals surface area contributed by atoms with Crippen LogP contribution in [-0.4, -0.2) is 42.7 Å². The van der Waals surface area contributed by atoms with Gasteiger partial charge in [-0.2, -0.15) is 0 Å². The Morgan fingerprint density at radius 1 is 1.30 bits per heavy atom. The Labute approximate surface area is 135 Å². The molecular weight excluding hydrogens is 296 g/mol. The van der Waals surface area contributed by atoms with Crippen LogP contribution in [0.2, 0.25) is 0 Å². The van der Waals surface area contributed by atoms with Gasteiger partial charge >= 0.3 is 5.97 Å². The molecule has 1 fully saturated rings. The lowest BCUT2D eigenvalue weighted by Crippen LogP contribution is -2.52.